The van der Waals surface area contributed by atoms with Gasteiger partial charge in [0.1, 0.15) is 0 Å². The van der Waals surface area contributed by atoms with E-state index in [1.807, 2.05) is 0 Å². The van der Waals surface area contributed by atoms with Gasteiger partial charge < -0.3 is 5.32 Å². The van der Waals surface area contributed by atoms with Crippen LogP contribution >= 0.6 is 0 Å². The van der Waals surface area contributed by atoms with E-state index in [0.717, 1.165) is 31.7 Å². The van der Waals surface area contributed by atoms with E-state index in [1.54, 1.807) is 0 Å². The predicted molar refractivity (Wildman–Crippen MR) is 80.1 cm³/mol. The van der Waals surface area contributed by atoms with E-state index in [-0.39, 0.29) is 0 Å². The number of nitrogens with one attached hydrogen (secondary N) is 1. The topological polar surface area (TPSA) is 29.9 Å². The monoisotopic (exact) mass is 257 g/mol. The maximum atomic E-state index is 4.59. The summed E-state index contributed by atoms with van der Waals surface area (Å²) in [5.41, 5.74) is 4.99. The van der Waals surface area contributed by atoms with Crippen LogP contribution in [-0.2, 0) is 13.1 Å². The van der Waals surface area contributed by atoms with Crippen molar-refractivity contribution >= 4 is 0 Å². The lowest BCUT2D eigenvalue weighted by Gasteiger charge is -2.09. The molecule has 0 saturated carbocycles. The average molecular weight is 257 g/mol. The highest BCUT2D eigenvalue weighted by Crippen LogP contribution is 2.26. The third-order valence-electron chi connectivity index (χ3n) is 3.27. The molecular formula is C16H23N3. The van der Waals surface area contributed by atoms with Crippen molar-refractivity contribution in [2.75, 3.05) is 6.54 Å². The second-order valence-electron chi connectivity index (χ2n) is 4.83. The van der Waals surface area contributed by atoms with Crippen LogP contribution in [0.5, 0.6) is 0 Å². The van der Waals surface area contributed by atoms with Gasteiger partial charge in [0.2, 0.25) is 0 Å². The van der Waals surface area contributed by atoms with Crippen molar-refractivity contribution in [3.8, 4) is 11.1 Å². The van der Waals surface area contributed by atoms with Crippen LogP contribution in [-0.4, -0.2) is 16.3 Å². The fourth-order valence-corrected chi connectivity index (χ4v) is 2.32. The Morgan fingerprint density at radius 1 is 1.16 bits per heavy atom. The van der Waals surface area contributed by atoms with Crippen LogP contribution in [0.3, 0.4) is 0 Å². The average Bonchev–Trinajstić information content (AvgIpc) is 2.78. The second-order valence-corrected chi connectivity index (χ2v) is 4.83. The molecule has 0 unspecified atom stereocenters. The van der Waals surface area contributed by atoms with Gasteiger partial charge in [-0.1, -0.05) is 38.1 Å². The Hall–Kier alpha value is -1.61. The maximum Gasteiger partial charge on any atom is 0.0672 e. The molecule has 2 aromatic rings. The van der Waals surface area contributed by atoms with Crippen LogP contribution in [0.15, 0.2) is 30.5 Å². The summed E-state index contributed by atoms with van der Waals surface area (Å²) in [6, 6.07) is 8.57. The number of hydrogen-bond acceptors (Lipinski definition) is 2. The quantitative estimate of drug-likeness (QED) is 0.859. The van der Waals surface area contributed by atoms with Gasteiger partial charge in [0.15, 0.2) is 0 Å². The largest absolute Gasteiger partial charge is 0.313 e. The minimum absolute atomic E-state index is 0.908. The fraction of sp³-hybridized carbons (Fsp3) is 0.438. The molecule has 0 aliphatic heterocycles. The summed E-state index contributed by atoms with van der Waals surface area (Å²) in [6.45, 7) is 9.28. The summed E-state index contributed by atoms with van der Waals surface area (Å²) in [4.78, 5) is 0. The molecule has 0 amide bonds. The van der Waals surface area contributed by atoms with Crippen molar-refractivity contribution < 1.29 is 0 Å². The van der Waals surface area contributed by atoms with Crippen LogP contribution in [0.2, 0.25) is 0 Å². The van der Waals surface area contributed by atoms with Gasteiger partial charge >= 0.3 is 0 Å². The molecule has 0 atom stereocenters. The number of hydrogen-bond donors (Lipinski definition) is 1. The number of nitrogens with zero attached hydrogens (tertiary/aromatic N) is 2. The molecule has 0 spiro atoms. The van der Waals surface area contributed by atoms with Gasteiger partial charge in [-0.2, -0.15) is 5.10 Å². The van der Waals surface area contributed by atoms with Crippen LogP contribution < -0.4 is 5.32 Å². The zero-order valence-corrected chi connectivity index (χ0v) is 12.1. The lowest BCUT2D eigenvalue weighted by Crippen LogP contribution is -2.12. The number of rotatable bonds is 6. The third-order valence-corrected chi connectivity index (χ3v) is 3.27. The van der Waals surface area contributed by atoms with Gasteiger partial charge in [0, 0.05) is 24.8 Å². The molecule has 2 rings (SSSR count). The summed E-state index contributed by atoms with van der Waals surface area (Å²) < 4.78 is 2.05. The predicted octanol–water partition coefficient (Wildman–Crippen LogP) is 3.38. The highest BCUT2D eigenvalue weighted by atomic mass is 15.3. The van der Waals surface area contributed by atoms with E-state index in [4.69, 9.17) is 0 Å². The number of benzene rings is 1. The Morgan fingerprint density at radius 2 is 1.95 bits per heavy atom. The first kappa shape index (κ1) is 13.8. The van der Waals surface area contributed by atoms with Crippen LogP contribution in [0.4, 0.5) is 0 Å². The lowest BCUT2D eigenvalue weighted by atomic mass is 10.0. The summed E-state index contributed by atoms with van der Waals surface area (Å²) in [7, 11) is 0. The van der Waals surface area contributed by atoms with E-state index in [0.29, 0.717) is 0 Å². The van der Waals surface area contributed by atoms with Crippen LogP contribution in [0, 0.1) is 6.92 Å². The van der Waals surface area contributed by atoms with Crippen LogP contribution in [0.25, 0.3) is 11.1 Å². The Kier molecular flexibility index (Phi) is 4.74. The van der Waals surface area contributed by atoms with Crippen molar-refractivity contribution in [3.05, 3.63) is 41.7 Å². The molecule has 3 nitrogen and oxygen atoms in total. The molecule has 1 aromatic carbocycles. The molecule has 102 valence electrons. The minimum Gasteiger partial charge on any atom is -0.313 e. The Balaban J connectivity index is 2.35. The van der Waals surface area contributed by atoms with E-state index in [2.05, 4.69) is 66.3 Å². The maximum absolute atomic E-state index is 4.59. The molecule has 0 aliphatic carbocycles. The van der Waals surface area contributed by atoms with Crippen molar-refractivity contribution in [2.45, 2.75) is 40.3 Å². The van der Waals surface area contributed by atoms with Crippen molar-refractivity contribution in [2.24, 2.45) is 0 Å². The third kappa shape index (κ3) is 3.24. The van der Waals surface area contributed by atoms with E-state index in [1.165, 1.54) is 16.7 Å². The first-order chi connectivity index (χ1) is 9.26. The van der Waals surface area contributed by atoms with Crippen molar-refractivity contribution in [1.82, 2.24) is 15.1 Å². The molecule has 3 heteroatoms. The summed E-state index contributed by atoms with van der Waals surface area (Å²) in [6.07, 6.45) is 3.28. The van der Waals surface area contributed by atoms with Gasteiger partial charge in [-0.05, 0) is 31.0 Å². The Bertz CT molecular complexity index is 529. The molecule has 1 heterocycles. The zero-order valence-electron chi connectivity index (χ0n) is 12.1. The summed E-state index contributed by atoms with van der Waals surface area (Å²) >= 11 is 0. The standard InChI is InChI=1S/C16H23N3/c1-4-10-19-12-16(13(3)18-19)15-9-7-6-8-14(15)11-17-5-2/h6-9,12,17H,4-5,10-11H2,1-3H3. The highest BCUT2D eigenvalue weighted by molar-refractivity contribution is 5.68. The highest BCUT2D eigenvalue weighted by Gasteiger charge is 2.10. The fourth-order valence-electron chi connectivity index (χ4n) is 2.32. The van der Waals surface area contributed by atoms with Gasteiger partial charge in [-0.3, -0.25) is 4.68 Å². The molecular weight excluding hydrogens is 234 g/mol. The van der Waals surface area contributed by atoms with Crippen molar-refractivity contribution in [1.29, 1.82) is 0 Å². The zero-order chi connectivity index (χ0) is 13.7. The SMILES string of the molecule is CCCn1cc(-c2ccccc2CNCC)c(C)n1. The first-order valence-electron chi connectivity index (χ1n) is 7.09. The number of aromatic nitrogens is 2. The van der Waals surface area contributed by atoms with Gasteiger partial charge in [0.25, 0.3) is 0 Å². The van der Waals surface area contributed by atoms with E-state index in [9.17, 15) is 0 Å². The molecule has 0 fully saturated rings. The Morgan fingerprint density at radius 3 is 2.68 bits per heavy atom. The second kappa shape index (κ2) is 6.53. The van der Waals surface area contributed by atoms with E-state index < -0.39 is 0 Å². The summed E-state index contributed by atoms with van der Waals surface area (Å²) in [5.74, 6) is 0. The normalized spacial score (nSPS) is 10.9. The molecule has 19 heavy (non-hydrogen) atoms. The minimum atomic E-state index is 0.908. The van der Waals surface area contributed by atoms with Gasteiger partial charge in [-0.15, -0.1) is 0 Å². The summed E-state index contributed by atoms with van der Waals surface area (Å²) in [5, 5.41) is 7.99. The lowest BCUT2D eigenvalue weighted by molar-refractivity contribution is 0.598. The molecule has 1 aromatic heterocycles. The smallest absolute Gasteiger partial charge is 0.0672 e. The number of aryl methyl sites for hydroxylation is 2. The molecule has 0 bridgehead atoms. The first-order valence-corrected chi connectivity index (χ1v) is 7.09. The molecule has 0 saturated heterocycles. The van der Waals surface area contributed by atoms with Gasteiger partial charge in [0.05, 0.1) is 5.69 Å². The van der Waals surface area contributed by atoms with Crippen LogP contribution in [0.1, 0.15) is 31.5 Å². The van der Waals surface area contributed by atoms with Crippen molar-refractivity contribution in [3.63, 3.8) is 0 Å². The Labute approximate surface area is 115 Å². The molecule has 0 aliphatic rings. The van der Waals surface area contributed by atoms with Gasteiger partial charge in [-0.25, -0.2) is 0 Å². The molecule has 1 N–H and O–H groups in total. The molecule has 0 radical (unpaired) electrons. The van der Waals surface area contributed by atoms with E-state index >= 15 is 0 Å².